The topological polar surface area (TPSA) is 20.2 Å². The molecule has 0 aliphatic carbocycles. The summed E-state index contributed by atoms with van der Waals surface area (Å²) in [5, 5.41) is 10.8. The average Bonchev–Trinajstić information content (AvgIpc) is 2.32. The molecule has 88 valence electrons. The zero-order valence-corrected chi connectivity index (χ0v) is 11.6. The molecule has 1 nitrogen and oxygen atoms in total. The van der Waals surface area contributed by atoms with Gasteiger partial charge in [-0.15, -0.1) is 0 Å². The number of aliphatic hydroxyl groups is 1. The fraction of sp³-hybridized carbons (Fsp3) is 0.0769. The maximum absolute atomic E-state index is 12.8. The second kappa shape index (κ2) is 5.33. The van der Waals surface area contributed by atoms with Crippen molar-refractivity contribution in [2.45, 2.75) is 6.10 Å². The summed E-state index contributed by atoms with van der Waals surface area (Å²) in [5.41, 5.74) is 1.37. The highest BCUT2D eigenvalue weighted by Crippen LogP contribution is 2.28. The van der Waals surface area contributed by atoms with Crippen molar-refractivity contribution in [3.63, 3.8) is 0 Å². The van der Waals surface area contributed by atoms with Gasteiger partial charge in [0.25, 0.3) is 0 Å². The Hall–Kier alpha value is -0.650. The maximum Gasteiger partial charge on any atom is 0.123 e. The quantitative estimate of drug-likeness (QED) is 0.795. The van der Waals surface area contributed by atoms with Gasteiger partial charge in [-0.3, -0.25) is 0 Å². The van der Waals surface area contributed by atoms with Crippen molar-refractivity contribution in [3.8, 4) is 0 Å². The number of halogens is 3. The Morgan fingerprint density at radius 2 is 1.76 bits per heavy atom. The summed E-state index contributed by atoms with van der Waals surface area (Å²) in [6, 6.07) is 11.1. The zero-order chi connectivity index (χ0) is 12.4. The van der Waals surface area contributed by atoms with Crippen LogP contribution in [-0.2, 0) is 0 Å². The van der Waals surface area contributed by atoms with E-state index >= 15 is 0 Å². The Balaban J connectivity index is 2.39. The van der Waals surface area contributed by atoms with Crippen LogP contribution in [0.25, 0.3) is 0 Å². The Kier molecular flexibility index (Phi) is 4.01. The van der Waals surface area contributed by atoms with Crippen LogP contribution in [0.5, 0.6) is 0 Å². The molecule has 2 aromatic rings. The van der Waals surface area contributed by atoms with Gasteiger partial charge in [0.1, 0.15) is 11.9 Å². The minimum Gasteiger partial charge on any atom is -0.384 e. The van der Waals surface area contributed by atoms with E-state index in [1.807, 2.05) is 6.07 Å². The average molecular weight is 363 g/mol. The summed E-state index contributed by atoms with van der Waals surface area (Å²) in [6.45, 7) is 0. The SMILES string of the molecule is OC(c1ccc(F)cc1)c1cc(Cl)ccc1I. The van der Waals surface area contributed by atoms with E-state index in [9.17, 15) is 9.50 Å². The molecule has 2 aromatic carbocycles. The van der Waals surface area contributed by atoms with Gasteiger partial charge in [0.05, 0.1) is 0 Å². The van der Waals surface area contributed by atoms with Gasteiger partial charge in [0, 0.05) is 8.59 Å². The number of hydrogen-bond donors (Lipinski definition) is 1. The summed E-state index contributed by atoms with van der Waals surface area (Å²) in [7, 11) is 0. The standard InChI is InChI=1S/C13H9ClFIO/c14-9-3-6-12(16)11(7-9)13(17)8-1-4-10(15)5-2-8/h1-7,13,17H. The van der Waals surface area contributed by atoms with E-state index in [-0.39, 0.29) is 5.82 Å². The summed E-state index contributed by atoms with van der Waals surface area (Å²) in [6.07, 6.45) is -0.791. The smallest absolute Gasteiger partial charge is 0.123 e. The predicted molar refractivity (Wildman–Crippen MR) is 74.6 cm³/mol. The lowest BCUT2D eigenvalue weighted by molar-refractivity contribution is 0.219. The Labute approximate surface area is 117 Å². The Bertz CT molecular complexity index is 527. The van der Waals surface area contributed by atoms with Crippen molar-refractivity contribution in [2.75, 3.05) is 0 Å². The van der Waals surface area contributed by atoms with Crippen molar-refractivity contribution in [3.05, 3.63) is 68.0 Å². The van der Waals surface area contributed by atoms with Crippen molar-refractivity contribution in [1.82, 2.24) is 0 Å². The van der Waals surface area contributed by atoms with Crippen LogP contribution < -0.4 is 0 Å². The molecular weight excluding hydrogens is 353 g/mol. The fourth-order valence-corrected chi connectivity index (χ4v) is 2.36. The van der Waals surface area contributed by atoms with Gasteiger partial charge in [-0.2, -0.15) is 0 Å². The largest absolute Gasteiger partial charge is 0.384 e. The molecule has 0 spiro atoms. The van der Waals surface area contributed by atoms with Crippen LogP contribution in [0.15, 0.2) is 42.5 Å². The highest BCUT2D eigenvalue weighted by molar-refractivity contribution is 14.1. The third-order valence-corrected chi connectivity index (χ3v) is 3.66. The zero-order valence-electron chi connectivity index (χ0n) is 8.70. The van der Waals surface area contributed by atoms with Crippen LogP contribution in [0.1, 0.15) is 17.2 Å². The molecule has 0 saturated carbocycles. The molecule has 0 fully saturated rings. The number of rotatable bonds is 2. The predicted octanol–water partition coefficient (Wildman–Crippen LogP) is 4.17. The lowest BCUT2D eigenvalue weighted by Gasteiger charge is -2.13. The van der Waals surface area contributed by atoms with Gasteiger partial charge >= 0.3 is 0 Å². The van der Waals surface area contributed by atoms with Gasteiger partial charge in [0.15, 0.2) is 0 Å². The molecule has 17 heavy (non-hydrogen) atoms. The van der Waals surface area contributed by atoms with Crippen molar-refractivity contribution in [2.24, 2.45) is 0 Å². The Morgan fingerprint density at radius 3 is 2.41 bits per heavy atom. The molecule has 1 N–H and O–H groups in total. The molecular formula is C13H9ClFIO. The first-order valence-electron chi connectivity index (χ1n) is 4.96. The van der Waals surface area contributed by atoms with Crippen molar-refractivity contribution in [1.29, 1.82) is 0 Å². The molecule has 1 unspecified atom stereocenters. The lowest BCUT2D eigenvalue weighted by atomic mass is 10.0. The van der Waals surface area contributed by atoms with E-state index in [0.717, 1.165) is 9.13 Å². The van der Waals surface area contributed by atoms with E-state index in [1.165, 1.54) is 12.1 Å². The molecule has 0 heterocycles. The maximum atomic E-state index is 12.8. The van der Waals surface area contributed by atoms with E-state index in [2.05, 4.69) is 22.6 Å². The fourth-order valence-electron chi connectivity index (χ4n) is 1.55. The second-order valence-corrected chi connectivity index (χ2v) is 5.22. The normalized spacial score (nSPS) is 12.5. The first-order valence-corrected chi connectivity index (χ1v) is 6.42. The number of aliphatic hydroxyl groups excluding tert-OH is 1. The first kappa shape index (κ1) is 12.8. The van der Waals surface area contributed by atoms with Crippen LogP contribution in [0.2, 0.25) is 5.02 Å². The van der Waals surface area contributed by atoms with E-state index in [4.69, 9.17) is 11.6 Å². The van der Waals surface area contributed by atoms with Gasteiger partial charge in [-0.25, -0.2) is 4.39 Å². The molecule has 0 radical (unpaired) electrons. The molecule has 4 heteroatoms. The highest BCUT2D eigenvalue weighted by Gasteiger charge is 2.14. The van der Waals surface area contributed by atoms with Crippen LogP contribution in [0.4, 0.5) is 4.39 Å². The third-order valence-electron chi connectivity index (χ3n) is 2.44. The number of benzene rings is 2. The lowest BCUT2D eigenvalue weighted by Crippen LogP contribution is -2.02. The Morgan fingerprint density at radius 1 is 1.12 bits per heavy atom. The first-order chi connectivity index (χ1) is 8.08. The summed E-state index contributed by atoms with van der Waals surface area (Å²) < 4.78 is 13.7. The van der Waals surface area contributed by atoms with Gasteiger partial charge in [0.2, 0.25) is 0 Å². The summed E-state index contributed by atoms with van der Waals surface area (Å²) in [4.78, 5) is 0. The third kappa shape index (κ3) is 2.97. The van der Waals surface area contributed by atoms with Crippen molar-refractivity contribution < 1.29 is 9.50 Å². The summed E-state index contributed by atoms with van der Waals surface area (Å²) in [5.74, 6) is -0.318. The molecule has 0 aromatic heterocycles. The van der Waals surface area contributed by atoms with Gasteiger partial charge < -0.3 is 5.11 Å². The highest BCUT2D eigenvalue weighted by atomic mass is 127. The minimum atomic E-state index is -0.791. The molecule has 0 saturated heterocycles. The van der Waals surface area contributed by atoms with Crippen LogP contribution in [0.3, 0.4) is 0 Å². The van der Waals surface area contributed by atoms with Crippen LogP contribution >= 0.6 is 34.2 Å². The molecule has 2 rings (SSSR count). The monoisotopic (exact) mass is 362 g/mol. The van der Waals surface area contributed by atoms with Crippen LogP contribution in [0, 0.1) is 9.39 Å². The summed E-state index contributed by atoms with van der Waals surface area (Å²) >= 11 is 8.03. The minimum absolute atomic E-state index is 0.318. The van der Waals surface area contributed by atoms with Crippen LogP contribution in [-0.4, -0.2) is 5.11 Å². The van der Waals surface area contributed by atoms with Gasteiger partial charge in [-0.05, 0) is 64.0 Å². The van der Waals surface area contributed by atoms with Gasteiger partial charge in [-0.1, -0.05) is 23.7 Å². The second-order valence-electron chi connectivity index (χ2n) is 3.62. The molecule has 0 amide bonds. The van der Waals surface area contributed by atoms with E-state index < -0.39 is 6.10 Å². The molecule has 1 atom stereocenters. The molecule has 0 aliphatic rings. The molecule has 0 aliphatic heterocycles. The van der Waals surface area contributed by atoms with E-state index in [0.29, 0.717) is 10.6 Å². The van der Waals surface area contributed by atoms with E-state index in [1.54, 1.807) is 24.3 Å². The molecule has 0 bridgehead atoms. The van der Waals surface area contributed by atoms with Crippen molar-refractivity contribution >= 4 is 34.2 Å². The number of hydrogen-bond acceptors (Lipinski definition) is 1.